The average molecular weight is 238 g/mol. The van der Waals surface area contributed by atoms with Crippen LogP contribution in [0.2, 0.25) is 0 Å². The van der Waals surface area contributed by atoms with Crippen molar-refractivity contribution in [2.75, 3.05) is 13.1 Å². The molecule has 1 fully saturated rings. The molecule has 0 heterocycles. The van der Waals surface area contributed by atoms with E-state index in [1.165, 1.54) is 0 Å². The Labute approximate surface area is 95.0 Å². The van der Waals surface area contributed by atoms with Crippen LogP contribution in [0.3, 0.4) is 0 Å². The van der Waals surface area contributed by atoms with Crippen LogP contribution in [0, 0.1) is 5.92 Å². The zero-order chi connectivity index (χ0) is 12.3. The van der Waals surface area contributed by atoms with Crippen LogP contribution < -0.4 is 5.73 Å². The Hall–Kier alpha value is -0.290. The molecular weight excluding hydrogens is 217 g/mol. The van der Waals surface area contributed by atoms with Gasteiger partial charge in [-0.3, -0.25) is 4.90 Å². The number of rotatable bonds is 6. The van der Waals surface area contributed by atoms with Crippen LogP contribution in [0.25, 0.3) is 0 Å². The Balaban J connectivity index is 2.68. The number of halogens is 3. The zero-order valence-electron chi connectivity index (χ0n) is 9.93. The fourth-order valence-corrected chi connectivity index (χ4v) is 1.97. The number of hydrogen-bond acceptors (Lipinski definition) is 2. The lowest BCUT2D eigenvalue weighted by atomic mass is 10.1. The Kier molecular flexibility index (Phi) is 4.62. The van der Waals surface area contributed by atoms with Gasteiger partial charge in [0.1, 0.15) is 6.04 Å². The minimum atomic E-state index is -4.17. The summed E-state index contributed by atoms with van der Waals surface area (Å²) in [6.07, 6.45) is -2.04. The highest BCUT2D eigenvalue weighted by Crippen LogP contribution is 2.35. The van der Waals surface area contributed by atoms with Gasteiger partial charge in [-0.2, -0.15) is 13.2 Å². The van der Waals surface area contributed by atoms with Crippen molar-refractivity contribution < 1.29 is 13.2 Å². The minimum Gasteiger partial charge on any atom is -0.330 e. The van der Waals surface area contributed by atoms with Gasteiger partial charge >= 0.3 is 6.18 Å². The second kappa shape index (κ2) is 5.36. The van der Waals surface area contributed by atoms with Gasteiger partial charge in [0.2, 0.25) is 0 Å². The van der Waals surface area contributed by atoms with Crippen LogP contribution in [0.1, 0.15) is 33.1 Å². The van der Waals surface area contributed by atoms with E-state index in [1.807, 2.05) is 13.8 Å². The fourth-order valence-electron chi connectivity index (χ4n) is 1.97. The van der Waals surface area contributed by atoms with Crippen LogP contribution in [0.4, 0.5) is 13.2 Å². The van der Waals surface area contributed by atoms with Crippen LogP contribution in [0.5, 0.6) is 0 Å². The number of nitrogens with zero attached hydrogens (tertiary/aromatic N) is 1. The lowest BCUT2D eigenvalue weighted by Crippen LogP contribution is -2.50. The molecule has 0 saturated heterocycles. The van der Waals surface area contributed by atoms with E-state index in [9.17, 15) is 13.2 Å². The van der Waals surface area contributed by atoms with Crippen LogP contribution in [-0.2, 0) is 0 Å². The predicted molar refractivity (Wildman–Crippen MR) is 58.1 cm³/mol. The molecule has 1 rings (SSSR count). The molecule has 1 aliphatic rings. The first-order valence-electron chi connectivity index (χ1n) is 5.88. The standard InChI is InChI=1S/C11H21F3N2/c1-8(2)16(7-9-3-4-9)10(5-6-15)11(12,13)14/h8-10H,3-7,15H2,1-2H3. The molecule has 16 heavy (non-hydrogen) atoms. The average Bonchev–Trinajstić information content (AvgIpc) is 2.92. The summed E-state index contributed by atoms with van der Waals surface area (Å²) in [7, 11) is 0. The number of alkyl halides is 3. The van der Waals surface area contributed by atoms with Gasteiger partial charge in [-0.1, -0.05) is 0 Å². The molecule has 2 N–H and O–H groups in total. The first-order chi connectivity index (χ1) is 7.36. The molecule has 0 spiro atoms. The third kappa shape index (κ3) is 3.94. The summed E-state index contributed by atoms with van der Waals surface area (Å²) < 4.78 is 38.7. The molecule has 0 radical (unpaired) electrons. The van der Waals surface area contributed by atoms with Crippen LogP contribution >= 0.6 is 0 Å². The van der Waals surface area contributed by atoms with Crippen molar-refractivity contribution in [2.45, 2.75) is 51.4 Å². The Morgan fingerprint density at radius 3 is 2.19 bits per heavy atom. The second-order valence-electron chi connectivity index (χ2n) is 4.87. The summed E-state index contributed by atoms with van der Waals surface area (Å²) in [5.74, 6) is 0.463. The highest BCUT2D eigenvalue weighted by Gasteiger charge is 2.44. The van der Waals surface area contributed by atoms with Gasteiger partial charge in [-0.25, -0.2) is 0 Å². The van der Waals surface area contributed by atoms with Gasteiger partial charge < -0.3 is 5.73 Å². The van der Waals surface area contributed by atoms with Gasteiger partial charge in [0.15, 0.2) is 0 Å². The Bertz CT molecular complexity index is 212. The summed E-state index contributed by atoms with van der Waals surface area (Å²) in [4.78, 5) is 1.56. The summed E-state index contributed by atoms with van der Waals surface area (Å²) in [5.41, 5.74) is 5.28. The fraction of sp³-hybridized carbons (Fsp3) is 1.00. The van der Waals surface area contributed by atoms with Gasteiger partial charge in [-0.15, -0.1) is 0 Å². The molecule has 2 nitrogen and oxygen atoms in total. The van der Waals surface area contributed by atoms with Crippen molar-refractivity contribution in [1.29, 1.82) is 0 Å². The molecule has 1 aliphatic carbocycles. The summed E-state index contributed by atoms with van der Waals surface area (Å²) in [6.45, 7) is 4.27. The third-order valence-electron chi connectivity index (χ3n) is 3.05. The van der Waals surface area contributed by atoms with Crippen molar-refractivity contribution in [3.05, 3.63) is 0 Å². The molecule has 0 aromatic rings. The Morgan fingerprint density at radius 1 is 1.31 bits per heavy atom. The molecule has 1 saturated carbocycles. The first kappa shape index (κ1) is 13.8. The van der Waals surface area contributed by atoms with Crippen LogP contribution in [0.15, 0.2) is 0 Å². The van der Waals surface area contributed by atoms with Gasteiger partial charge in [0.05, 0.1) is 0 Å². The van der Waals surface area contributed by atoms with Gasteiger partial charge in [-0.05, 0) is 45.6 Å². The van der Waals surface area contributed by atoms with E-state index in [-0.39, 0.29) is 19.0 Å². The number of nitrogens with two attached hydrogens (primary N) is 1. The highest BCUT2D eigenvalue weighted by molar-refractivity contribution is 4.86. The summed E-state index contributed by atoms with van der Waals surface area (Å²) >= 11 is 0. The topological polar surface area (TPSA) is 29.3 Å². The molecule has 5 heteroatoms. The zero-order valence-corrected chi connectivity index (χ0v) is 9.93. The lowest BCUT2D eigenvalue weighted by Gasteiger charge is -2.36. The SMILES string of the molecule is CC(C)N(CC1CC1)C(CCN)C(F)(F)F. The maximum atomic E-state index is 12.9. The van der Waals surface area contributed by atoms with Crippen molar-refractivity contribution in [3.63, 3.8) is 0 Å². The molecule has 0 amide bonds. The molecule has 0 aromatic heterocycles. The molecule has 0 aliphatic heterocycles. The Morgan fingerprint density at radius 2 is 1.88 bits per heavy atom. The first-order valence-corrected chi connectivity index (χ1v) is 5.88. The molecule has 0 aromatic carbocycles. The number of hydrogen-bond donors (Lipinski definition) is 1. The molecule has 1 unspecified atom stereocenters. The van der Waals surface area contributed by atoms with Gasteiger partial charge in [0.25, 0.3) is 0 Å². The summed E-state index contributed by atoms with van der Waals surface area (Å²) in [5, 5.41) is 0. The molecule has 96 valence electrons. The van der Waals surface area contributed by atoms with Crippen molar-refractivity contribution in [2.24, 2.45) is 11.7 Å². The lowest BCUT2D eigenvalue weighted by molar-refractivity contribution is -0.190. The van der Waals surface area contributed by atoms with E-state index in [1.54, 1.807) is 4.90 Å². The maximum absolute atomic E-state index is 12.9. The minimum absolute atomic E-state index is 0.00556. The van der Waals surface area contributed by atoms with Crippen molar-refractivity contribution in [1.82, 2.24) is 4.90 Å². The molecule has 1 atom stereocenters. The second-order valence-corrected chi connectivity index (χ2v) is 4.87. The highest BCUT2D eigenvalue weighted by atomic mass is 19.4. The monoisotopic (exact) mass is 238 g/mol. The van der Waals surface area contributed by atoms with E-state index >= 15 is 0 Å². The van der Waals surface area contributed by atoms with E-state index < -0.39 is 12.2 Å². The smallest absolute Gasteiger partial charge is 0.330 e. The van der Waals surface area contributed by atoms with Crippen molar-refractivity contribution >= 4 is 0 Å². The van der Waals surface area contributed by atoms with Crippen molar-refractivity contribution in [3.8, 4) is 0 Å². The quantitative estimate of drug-likeness (QED) is 0.770. The maximum Gasteiger partial charge on any atom is 0.404 e. The van der Waals surface area contributed by atoms with E-state index in [2.05, 4.69) is 0 Å². The predicted octanol–water partition coefficient (Wildman–Crippen LogP) is 2.39. The third-order valence-corrected chi connectivity index (χ3v) is 3.05. The van der Waals surface area contributed by atoms with Gasteiger partial charge in [0, 0.05) is 12.6 Å². The normalized spacial score (nSPS) is 19.5. The largest absolute Gasteiger partial charge is 0.404 e. The van der Waals surface area contributed by atoms with E-state index in [4.69, 9.17) is 5.73 Å². The van der Waals surface area contributed by atoms with E-state index in [0.717, 1.165) is 12.8 Å². The summed E-state index contributed by atoms with van der Waals surface area (Å²) in [6, 6.07) is -1.46. The van der Waals surface area contributed by atoms with E-state index in [0.29, 0.717) is 12.5 Å². The molecular formula is C11H21F3N2. The molecule has 0 bridgehead atoms. The van der Waals surface area contributed by atoms with Crippen LogP contribution in [-0.4, -0.2) is 36.2 Å².